The Kier molecular flexibility index (Phi) is 3.95. The minimum Gasteiger partial charge on any atom is -0.549 e. The van der Waals surface area contributed by atoms with Crippen molar-refractivity contribution < 1.29 is 26.9 Å². The van der Waals surface area contributed by atoms with Crippen molar-refractivity contribution in [3.8, 4) is 0 Å². The van der Waals surface area contributed by atoms with Gasteiger partial charge >= 0.3 is 17.0 Å². The molecule has 0 aromatic carbocycles. The lowest BCUT2D eigenvalue weighted by molar-refractivity contribution is -0.307. The average Bonchev–Trinajstić information content (AvgIpc) is 2.33. The summed E-state index contributed by atoms with van der Waals surface area (Å²) in [5, 5.41) is 10.4. The minimum absolute atomic E-state index is 0. The highest BCUT2D eigenvalue weighted by Crippen LogP contribution is 2.09. The van der Waals surface area contributed by atoms with Crippen molar-refractivity contribution >= 4 is 5.97 Å². The van der Waals surface area contributed by atoms with E-state index < -0.39 is 11.9 Å². The predicted molar refractivity (Wildman–Crippen MR) is 36.6 cm³/mol. The Labute approximate surface area is 81.0 Å². The predicted octanol–water partition coefficient (Wildman–Crippen LogP) is -0.727. The maximum absolute atomic E-state index is 10.4. The number of halogens is 1. The summed E-state index contributed by atoms with van der Waals surface area (Å²) in [7, 11) is 1.75. The van der Waals surface area contributed by atoms with Crippen LogP contribution in [0.1, 0.15) is 18.7 Å². The lowest BCUT2D eigenvalue weighted by Crippen LogP contribution is -2.29. The van der Waals surface area contributed by atoms with Crippen molar-refractivity contribution in [2.75, 3.05) is 0 Å². The first-order valence-corrected chi connectivity index (χ1v) is 3.31. The summed E-state index contributed by atoms with van der Waals surface area (Å²) in [5.74, 6) is -1.22. The molecule has 0 amide bonds. The molecule has 0 fully saturated rings. The fourth-order valence-electron chi connectivity index (χ4n) is 0.900. The average molecular weight is 233 g/mol. The lowest BCUT2D eigenvalue weighted by Gasteiger charge is -2.11. The zero-order valence-electron chi connectivity index (χ0n) is 6.82. The van der Waals surface area contributed by atoms with Crippen LogP contribution in [0.5, 0.6) is 0 Å². The highest BCUT2D eigenvalue weighted by molar-refractivity contribution is 5.72. The van der Waals surface area contributed by atoms with Gasteiger partial charge in [-0.1, -0.05) is 6.92 Å². The molecule has 1 atom stereocenters. The van der Waals surface area contributed by atoms with Crippen LogP contribution in [-0.2, 0) is 11.8 Å². The van der Waals surface area contributed by atoms with Gasteiger partial charge in [0.05, 0.1) is 11.9 Å². The Morgan fingerprint density at radius 3 is 2.67 bits per heavy atom. The Hall–Kier alpha value is -0.840. The second kappa shape index (κ2) is 4.25. The first-order valence-electron chi connectivity index (χ1n) is 3.31. The molecule has 1 heterocycles. The molecule has 0 N–H and O–H groups in total. The van der Waals surface area contributed by atoms with Gasteiger partial charge in [0.1, 0.15) is 5.82 Å². The normalized spacial score (nSPS) is 11.8. The van der Waals surface area contributed by atoms with Crippen molar-refractivity contribution in [1.82, 2.24) is 9.55 Å². The summed E-state index contributed by atoms with van der Waals surface area (Å²) >= 11 is 0. The van der Waals surface area contributed by atoms with E-state index in [1.807, 2.05) is 0 Å². The van der Waals surface area contributed by atoms with Gasteiger partial charge in [0.15, 0.2) is 0 Å². The Balaban J connectivity index is 0.00000121. The number of hydrogen-bond acceptors (Lipinski definition) is 3. The van der Waals surface area contributed by atoms with E-state index in [0.29, 0.717) is 5.82 Å². The largest absolute Gasteiger partial charge is 1.00 e. The van der Waals surface area contributed by atoms with Crippen LogP contribution < -0.4 is 5.11 Å². The second-order valence-electron chi connectivity index (χ2n) is 2.44. The third kappa shape index (κ3) is 2.07. The van der Waals surface area contributed by atoms with Gasteiger partial charge in [0, 0.05) is 19.4 Å². The van der Waals surface area contributed by atoms with Crippen molar-refractivity contribution in [3.63, 3.8) is 0 Å². The molecular weight excluding hydrogens is 224 g/mol. The number of carbonyl (C=O) groups is 1. The number of carbonyl (C=O) groups excluding carboxylic acids is 1. The van der Waals surface area contributed by atoms with Gasteiger partial charge in [0.25, 0.3) is 0 Å². The monoisotopic (exact) mass is 232 g/mol. The number of hydrogen-bond donors (Lipinski definition) is 0. The molecule has 0 aliphatic carbocycles. The summed E-state index contributed by atoms with van der Waals surface area (Å²) in [6, 6.07) is 0. The van der Waals surface area contributed by atoms with Gasteiger partial charge in [-0.3, -0.25) is 0 Å². The number of nitrogens with zero attached hydrogens (tertiary/aromatic N) is 2. The number of aromatic nitrogens is 2. The van der Waals surface area contributed by atoms with Gasteiger partial charge < -0.3 is 14.5 Å². The van der Waals surface area contributed by atoms with Crippen LogP contribution in [0, 0.1) is 17.0 Å². The van der Waals surface area contributed by atoms with E-state index in [0.717, 1.165) is 0 Å². The van der Waals surface area contributed by atoms with Gasteiger partial charge in [-0.05, 0) is 0 Å². The van der Waals surface area contributed by atoms with Gasteiger partial charge in [-0.25, -0.2) is 4.98 Å². The number of carboxylic acids is 1. The topological polar surface area (TPSA) is 57.9 Å². The van der Waals surface area contributed by atoms with Crippen LogP contribution >= 0.6 is 0 Å². The fourth-order valence-corrected chi connectivity index (χ4v) is 0.900. The molecule has 0 bridgehead atoms. The molecule has 1 aromatic rings. The molecule has 1 rings (SSSR count). The second-order valence-corrected chi connectivity index (χ2v) is 2.44. The molecule has 4 nitrogen and oxygen atoms in total. The van der Waals surface area contributed by atoms with Crippen molar-refractivity contribution in [2.24, 2.45) is 7.05 Å². The van der Waals surface area contributed by atoms with E-state index in [4.69, 9.17) is 0 Å². The number of imidazole rings is 1. The van der Waals surface area contributed by atoms with Crippen LogP contribution in [0.15, 0.2) is 12.4 Å². The van der Waals surface area contributed by atoms with E-state index in [1.54, 1.807) is 30.9 Å². The first-order chi connectivity index (χ1) is 5.13. The van der Waals surface area contributed by atoms with E-state index in [2.05, 4.69) is 4.98 Å². The highest BCUT2D eigenvalue weighted by atomic mass is 79.9. The molecular formula is C7H9BrN2O2. The zero-order chi connectivity index (χ0) is 8.43. The van der Waals surface area contributed by atoms with E-state index in [1.165, 1.54) is 0 Å². The first kappa shape index (κ1) is 11.2. The van der Waals surface area contributed by atoms with Crippen molar-refractivity contribution in [3.05, 3.63) is 18.2 Å². The smallest absolute Gasteiger partial charge is 0.549 e. The van der Waals surface area contributed by atoms with Gasteiger partial charge in [-0.2, -0.15) is 0 Å². The fraction of sp³-hybridized carbons (Fsp3) is 0.429. The molecule has 0 spiro atoms. The lowest BCUT2D eigenvalue weighted by atomic mass is 10.2. The number of carboxylic acid groups (broad SMARTS) is 1. The van der Waals surface area contributed by atoms with Gasteiger partial charge in [0.2, 0.25) is 0 Å². The molecule has 0 aliphatic heterocycles. The molecule has 0 saturated carbocycles. The molecule has 12 heavy (non-hydrogen) atoms. The Morgan fingerprint density at radius 1 is 1.75 bits per heavy atom. The van der Waals surface area contributed by atoms with Crippen LogP contribution in [-0.4, -0.2) is 15.5 Å². The van der Waals surface area contributed by atoms with Crippen molar-refractivity contribution in [1.29, 1.82) is 0 Å². The molecule has 5 heteroatoms. The van der Waals surface area contributed by atoms with Crippen LogP contribution in [0.25, 0.3) is 0 Å². The highest BCUT2D eigenvalue weighted by Gasteiger charge is 2.09. The Bertz CT molecular complexity index is 272. The molecule has 66 valence electrons. The van der Waals surface area contributed by atoms with E-state index in [-0.39, 0.29) is 17.0 Å². The third-order valence-electron chi connectivity index (χ3n) is 1.60. The molecule has 2 radical (unpaired) electrons. The van der Waals surface area contributed by atoms with E-state index >= 15 is 0 Å². The van der Waals surface area contributed by atoms with Crippen LogP contribution in [0.2, 0.25) is 0 Å². The number of rotatable bonds is 2. The quantitative estimate of drug-likeness (QED) is 0.676. The SMILES string of the molecule is CC(C(=O)[O-])c1nccn1C.[Br+]. The Morgan fingerprint density at radius 2 is 2.33 bits per heavy atom. The standard InChI is InChI=1S/C7H10N2O2.Br/c1-5(7(10)11)6-8-3-4-9(6)2;/h3-5H,1-2H3,(H,10,11);/q;+1/p-1. The summed E-state index contributed by atoms with van der Waals surface area (Å²) < 4.78 is 1.67. The minimum atomic E-state index is -1.10. The maximum Gasteiger partial charge on any atom is 1.00 e. The zero-order valence-corrected chi connectivity index (χ0v) is 8.41. The summed E-state index contributed by atoms with van der Waals surface area (Å²) in [5.41, 5.74) is 0. The number of aliphatic carboxylic acids is 1. The molecule has 1 unspecified atom stereocenters. The van der Waals surface area contributed by atoms with Crippen molar-refractivity contribution in [2.45, 2.75) is 12.8 Å². The summed E-state index contributed by atoms with van der Waals surface area (Å²) in [6.07, 6.45) is 3.27. The molecule has 1 aromatic heterocycles. The molecule has 0 saturated heterocycles. The number of aryl methyl sites for hydroxylation is 1. The summed E-state index contributed by atoms with van der Waals surface area (Å²) in [4.78, 5) is 14.3. The maximum atomic E-state index is 10.4. The summed E-state index contributed by atoms with van der Waals surface area (Å²) in [6.45, 7) is 1.55. The molecule has 0 aliphatic rings. The van der Waals surface area contributed by atoms with E-state index in [9.17, 15) is 9.90 Å². The van der Waals surface area contributed by atoms with Crippen LogP contribution in [0.4, 0.5) is 0 Å². The third-order valence-corrected chi connectivity index (χ3v) is 1.60. The van der Waals surface area contributed by atoms with Gasteiger partial charge in [-0.15, -0.1) is 0 Å². The van der Waals surface area contributed by atoms with Crippen LogP contribution in [0.3, 0.4) is 0 Å².